The lowest BCUT2D eigenvalue weighted by Crippen LogP contribution is -2.59. The Morgan fingerprint density at radius 1 is 1.21 bits per heavy atom. The minimum atomic E-state index is 0.236. The first-order chi connectivity index (χ1) is 9.06. The van der Waals surface area contributed by atoms with Crippen LogP contribution in [0.2, 0.25) is 0 Å². The summed E-state index contributed by atoms with van der Waals surface area (Å²) >= 11 is 0. The highest BCUT2D eigenvalue weighted by Gasteiger charge is 2.55. The zero-order chi connectivity index (χ0) is 13.6. The fourth-order valence-corrected chi connectivity index (χ4v) is 5.39. The van der Waals surface area contributed by atoms with Crippen LogP contribution < -0.4 is 0 Å². The van der Waals surface area contributed by atoms with Gasteiger partial charge in [0.05, 0.1) is 0 Å². The van der Waals surface area contributed by atoms with E-state index >= 15 is 0 Å². The van der Waals surface area contributed by atoms with Crippen molar-refractivity contribution in [1.82, 2.24) is 9.80 Å². The Morgan fingerprint density at radius 2 is 2.00 bits per heavy atom. The van der Waals surface area contributed by atoms with E-state index in [1.165, 1.54) is 32.1 Å². The molecule has 0 aromatic rings. The molecule has 0 radical (unpaired) electrons. The Kier molecular flexibility index (Phi) is 3.36. The monoisotopic (exact) mass is 264 g/mol. The quantitative estimate of drug-likeness (QED) is 0.726. The molecular weight excluding hydrogens is 236 g/mol. The molecular formula is C16H28N2O. The maximum atomic E-state index is 12.4. The molecule has 0 aromatic carbocycles. The van der Waals surface area contributed by atoms with Gasteiger partial charge in [0, 0.05) is 24.5 Å². The number of amides is 1. The van der Waals surface area contributed by atoms with E-state index in [0.717, 1.165) is 31.2 Å². The second kappa shape index (κ2) is 4.76. The molecule has 3 nitrogen and oxygen atoms in total. The van der Waals surface area contributed by atoms with Crippen molar-refractivity contribution < 1.29 is 4.79 Å². The summed E-state index contributed by atoms with van der Waals surface area (Å²) in [4.78, 5) is 17.1. The van der Waals surface area contributed by atoms with Gasteiger partial charge in [-0.05, 0) is 64.5 Å². The maximum absolute atomic E-state index is 12.4. The first-order valence-electron chi connectivity index (χ1n) is 8.03. The van der Waals surface area contributed by atoms with Crippen LogP contribution in [0.25, 0.3) is 0 Å². The van der Waals surface area contributed by atoms with Crippen molar-refractivity contribution in [3.8, 4) is 0 Å². The van der Waals surface area contributed by atoms with Gasteiger partial charge in [0.2, 0.25) is 5.91 Å². The van der Waals surface area contributed by atoms with Crippen LogP contribution in [0.3, 0.4) is 0 Å². The summed E-state index contributed by atoms with van der Waals surface area (Å²) in [6.45, 7) is 3.46. The van der Waals surface area contributed by atoms with Gasteiger partial charge in [-0.2, -0.15) is 0 Å². The molecule has 1 spiro atoms. The third kappa shape index (κ3) is 1.93. The normalized spacial score (nSPS) is 43.1. The fraction of sp³-hybridized carbons (Fsp3) is 0.938. The largest absolute Gasteiger partial charge is 0.337 e. The van der Waals surface area contributed by atoms with E-state index in [2.05, 4.69) is 30.8 Å². The van der Waals surface area contributed by atoms with E-state index in [4.69, 9.17) is 0 Å². The van der Waals surface area contributed by atoms with Crippen LogP contribution in [-0.2, 0) is 4.79 Å². The van der Waals surface area contributed by atoms with Crippen molar-refractivity contribution in [2.45, 2.75) is 63.5 Å². The van der Waals surface area contributed by atoms with Crippen LogP contribution in [0.4, 0.5) is 0 Å². The number of hydrogen-bond donors (Lipinski definition) is 0. The lowest BCUT2D eigenvalue weighted by atomic mass is 9.63. The number of hydrogen-bond acceptors (Lipinski definition) is 2. The molecule has 2 heterocycles. The zero-order valence-corrected chi connectivity index (χ0v) is 12.7. The van der Waals surface area contributed by atoms with Gasteiger partial charge in [-0.25, -0.2) is 0 Å². The third-order valence-corrected chi connectivity index (χ3v) is 6.20. The molecule has 0 aromatic heterocycles. The highest BCUT2D eigenvalue weighted by Crippen LogP contribution is 2.52. The predicted molar refractivity (Wildman–Crippen MR) is 76.9 cm³/mol. The second-order valence-corrected chi connectivity index (χ2v) is 7.18. The predicted octanol–water partition coefficient (Wildman–Crippen LogP) is 2.51. The van der Waals surface area contributed by atoms with Crippen molar-refractivity contribution in [1.29, 1.82) is 0 Å². The van der Waals surface area contributed by atoms with Crippen LogP contribution >= 0.6 is 0 Å². The van der Waals surface area contributed by atoms with E-state index < -0.39 is 0 Å². The molecule has 3 fully saturated rings. The van der Waals surface area contributed by atoms with Crippen LogP contribution in [-0.4, -0.2) is 47.9 Å². The van der Waals surface area contributed by atoms with E-state index in [1.54, 1.807) is 0 Å². The van der Waals surface area contributed by atoms with Gasteiger partial charge < -0.3 is 9.80 Å². The highest BCUT2D eigenvalue weighted by molar-refractivity contribution is 5.78. The minimum Gasteiger partial charge on any atom is -0.337 e. The van der Waals surface area contributed by atoms with Crippen molar-refractivity contribution >= 4 is 5.91 Å². The van der Waals surface area contributed by atoms with Crippen LogP contribution in [0.15, 0.2) is 0 Å². The summed E-state index contributed by atoms with van der Waals surface area (Å²) in [6, 6.07) is 0.700. The molecule has 1 aliphatic carbocycles. The SMILES string of the molecule is C[C@H]1[C@@H](N(C)C)CC[C@@]23CCCN2C(=O)CCC[C@@H]13. The van der Waals surface area contributed by atoms with Gasteiger partial charge >= 0.3 is 0 Å². The molecule has 1 amide bonds. The molecule has 3 aliphatic rings. The molecule has 3 heteroatoms. The van der Waals surface area contributed by atoms with E-state index in [-0.39, 0.29) is 5.54 Å². The van der Waals surface area contributed by atoms with E-state index in [0.29, 0.717) is 11.9 Å². The highest BCUT2D eigenvalue weighted by atomic mass is 16.2. The molecule has 2 saturated heterocycles. The topological polar surface area (TPSA) is 23.6 Å². The number of carbonyl (C=O) groups is 1. The average Bonchev–Trinajstić information content (AvgIpc) is 2.71. The van der Waals surface area contributed by atoms with Crippen molar-refractivity contribution in [2.75, 3.05) is 20.6 Å². The Hall–Kier alpha value is -0.570. The molecule has 0 N–H and O–H groups in total. The van der Waals surface area contributed by atoms with Crippen LogP contribution in [0.1, 0.15) is 51.9 Å². The Balaban J connectivity index is 1.93. The van der Waals surface area contributed by atoms with Gasteiger partial charge in [-0.15, -0.1) is 0 Å². The first kappa shape index (κ1) is 13.4. The summed E-state index contributed by atoms with van der Waals surface area (Å²) in [7, 11) is 4.43. The molecule has 0 bridgehead atoms. The lowest BCUT2D eigenvalue weighted by molar-refractivity contribution is -0.139. The summed E-state index contributed by atoms with van der Waals surface area (Å²) in [5.74, 6) is 1.88. The van der Waals surface area contributed by atoms with Crippen molar-refractivity contribution in [3.63, 3.8) is 0 Å². The van der Waals surface area contributed by atoms with Crippen LogP contribution in [0, 0.1) is 11.8 Å². The van der Waals surface area contributed by atoms with Crippen molar-refractivity contribution in [3.05, 3.63) is 0 Å². The van der Waals surface area contributed by atoms with Crippen molar-refractivity contribution in [2.24, 2.45) is 11.8 Å². The van der Waals surface area contributed by atoms with Gasteiger partial charge in [-0.3, -0.25) is 4.79 Å². The zero-order valence-electron chi connectivity index (χ0n) is 12.7. The van der Waals surface area contributed by atoms with Gasteiger partial charge in [-0.1, -0.05) is 6.92 Å². The summed E-state index contributed by atoms with van der Waals surface area (Å²) < 4.78 is 0. The molecule has 19 heavy (non-hydrogen) atoms. The lowest BCUT2D eigenvalue weighted by Gasteiger charge is -2.53. The summed E-state index contributed by atoms with van der Waals surface area (Å²) in [5, 5.41) is 0. The Labute approximate surface area is 117 Å². The Morgan fingerprint density at radius 3 is 2.74 bits per heavy atom. The molecule has 3 rings (SSSR count). The minimum absolute atomic E-state index is 0.236. The molecule has 4 atom stereocenters. The summed E-state index contributed by atoms with van der Waals surface area (Å²) in [5.41, 5.74) is 0.236. The number of carbonyl (C=O) groups excluding carboxylic acids is 1. The third-order valence-electron chi connectivity index (χ3n) is 6.20. The second-order valence-electron chi connectivity index (χ2n) is 7.18. The molecule has 108 valence electrons. The Bertz CT molecular complexity index is 368. The van der Waals surface area contributed by atoms with E-state index in [1.807, 2.05) is 0 Å². The maximum Gasteiger partial charge on any atom is 0.223 e. The van der Waals surface area contributed by atoms with Gasteiger partial charge in [0.15, 0.2) is 0 Å². The number of nitrogens with zero attached hydrogens (tertiary/aromatic N) is 2. The smallest absolute Gasteiger partial charge is 0.223 e. The number of rotatable bonds is 1. The fourth-order valence-electron chi connectivity index (χ4n) is 5.39. The van der Waals surface area contributed by atoms with Crippen LogP contribution in [0.5, 0.6) is 0 Å². The molecule has 0 unspecified atom stereocenters. The summed E-state index contributed by atoms with van der Waals surface area (Å²) in [6.07, 6.45) is 8.12. The molecule has 1 saturated carbocycles. The van der Waals surface area contributed by atoms with Gasteiger partial charge in [0.25, 0.3) is 0 Å². The standard InChI is InChI=1S/C16H28N2O/c1-12-13-6-4-7-15(19)18-11-5-9-16(13,18)10-8-14(12)17(2)3/h12-14H,4-11H2,1-3H3/t12-,13+,14+,16-/m1/s1. The molecule has 2 aliphatic heterocycles. The average molecular weight is 264 g/mol. The van der Waals surface area contributed by atoms with E-state index in [9.17, 15) is 4.79 Å². The van der Waals surface area contributed by atoms with Gasteiger partial charge in [0.1, 0.15) is 0 Å². The first-order valence-corrected chi connectivity index (χ1v) is 8.03.